The average Bonchev–Trinajstić information content (AvgIpc) is 2.35. The molecule has 0 radical (unpaired) electrons. The van der Waals surface area contributed by atoms with E-state index in [1.54, 1.807) is 0 Å². The van der Waals surface area contributed by atoms with Crippen molar-refractivity contribution in [1.82, 2.24) is 5.32 Å². The van der Waals surface area contributed by atoms with Crippen molar-refractivity contribution in [1.29, 1.82) is 0 Å². The SMILES string of the molecule is NC(=O)CNC(=O)OC[C@H](N)Cc1ccccc1. The van der Waals surface area contributed by atoms with Crippen LogP contribution >= 0.6 is 0 Å². The lowest BCUT2D eigenvalue weighted by atomic mass is 10.1. The number of hydrogen-bond acceptors (Lipinski definition) is 4. The fraction of sp³-hybridized carbons (Fsp3) is 0.333. The van der Waals surface area contributed by atoms with Crippen LogP contribution in [0, 0.1) is 0 Å². The molecule has 1 aromatic rings. The highest BCUT2D eigenvalue weighted by atomic mass is 16.5. The Morgan fingerprint density at radius 3 is 2.56 bits per heavy atom. The van der Waals surface area contributed by atoms with Gasteiger partial charge in [0.15, 0.2) is 0 Å². The molecule has 2 amide bonds. The molecule has 0 bridgehead atoms. The molecule has 6 heteroatoms. The standard InChI is InChI=1S/C12H17N3O3/c13-10(6-9-4-2-1-3-5-9)8-18-12(17)15-7-11(14)16/h1-5,10H,6-8,13H2,(H2,14,16)(H,15,17)/t10-/m1/s1. The Bertz CT molecular complexity index is 395. The second-order valence-electron chi connectivity index (χ2n) is 3.87. The van der Waals surface area contributed by atoms with Crippen LogP contribution in [-0.4, -0.2) is 31.2 Å². The average molecular weight is 251 g/mol. The van der Waals surface area contributed by atoms with Gasteiger partial charge in [-0.25, -0.2) is 4.79 Å². The molecule has 0 aliphatic rings. The number of carbonyl (C=O) groups excluding carboxylic acids is 2. The van der Waals surface area contributed by atoms with Gasteiger partial charge in [0, 0.05) is 6.04 Å². The van der Waals surface area contributed by atoms with E-state index in [1.807, 2.05) is 30.3 Å². The normalized spacial score (nSPS) is 11.6. The van der Waals surface area contributed by atoms with E-state index in [-0.39, 0.29) is 19.2 Å². The zero-order valence-electron chi connectivity index (χ0n) is 9.96. The molecule has 1 aromatic carbocycles. The third-order valence-electron chi connectivity index (χ3n) is 2.18. The Kier molecular flexibility index (Phi) is 5.66. The molecular formula is C12H17N3O3. The Morgan fingerprint density at radius 2 is 1.94 bits per heavy atom. The number of ether oxygens (including phenoxy) is 1. The molecule has 0 fully saturated rings. The molecular weight excluding hydrogens is 234 g/mol. The molecule has 0 unspecified atom stereocenters. The highest BCUT2D eigenvalue weighted by molar-refractivity contribution is 5.80. The monoisotopic (exact) mass is 251 g/mol. The minimum atomic E-state index is -0.697. The smallest absolute Gasteiger partial charge is 0.407 e. The van der Waals surface area contributed by atoms with Crippen molar-refractivity contribution in [2.45, 2.75) is 12.5 Å². The van der Waals surface area contributed by atoms with Crippen LogP contribution in [0.3, 0.4) is 0 Å². The van der Waals surface area contributed by atoms with E-state index >= 15 is 0 Å². The number of nitrogens with one attached hydrogen (secondary N) is 1. The maximum Gasteiger partial charge on any atom is 0.407 e. The largest absolute Gasteiger partial charge is 0.448 e. The van der Waals surface area contributed by atoms with Gasteiger partial charge in [-0.15, -0.1) is 0 Å². The zero-order chi connectivity index (χ0) is 13.4. The van der Waals surface area contributed by atoms with E-state index in [0.717, 1.165) is 5.56 Å². The fourth-order valence-corrected chi connectivity index (χ4v) is 1.37. The lowest BCUT2D eigenvalue weighted by molar-refractivity contribution is -0.117. The molecule has 18 heavy (non-hydrogen) atoms. The van der Waals surface area contributed by atoms with Crippen molar-refractivity contribution in [3.05, 3.63) is 35.9 Å². The van der Waals surface area contributed by atoms with Gasteiger partial charge in [-0.2, -0.15) is 0 Å². The second-order valence-corrected chi connectivity index (χ2v) is 3.87. The first-order valence-electron chi connectivity index (χ1n) is 5.56. The van der Waals surface area contributed by atoms with Gasteiger partial charge in [0.05, 0.1) is 6.54 Å². The van der Waals surface area contributed by atoms with E-state index < -0.39 is 12.0 Å². The van der Waals surface area contributed by atoms with Gasteiger partial charge in [0.2, 0.25) is 5.91 Å². The predicted octanol–water partition coefficient (Wildman–Crippen LogP) is -0.232. The van der Waals surface area contributed by atoms with Crippen LogP contribution in [0.25, 0.3) is 0 Å². The van der Waals surface area contributed by atoms with Crippen molar-refractivity contribution in [2.24, 2.45) is 11.5 Å². The molecule has 1 rings (SSSR count). The molecule has 98 valence electrons. The molecule has 0 heterocycles. The van der Waals surface area contributed by atoms with E-state index in [1.165, 1.54) is 0 Å². The van der Waals surface area contributed by atoms with Crippen LogP contribution in [0.1, 0.15) is 5.56 Å². The summed E-state index contributed by atoms with van der Waals surface area (Å²) in [6, 6.07) is 9.38. The Labute approximate surface area is 105 Å². The summed E-state index contributed by atoms with van der Waals surface area (Å²) in [4.78, 5) is 21.5. The Balaban J connectivity index is 2.22. The van der Waals surface area contributed by atoms with Gasteiger partial charge in [-0.3, -0.25) is 4.79 Å². The topological polar surface area (TPSA) is 107 Å². The zero-order valence-corrected chi connectivity index (χ0v) is 9.96. The number of rotatable bonds is 6. The molecule has 0 saturated carbocycles. The highest BCUT2D eigenvalue weighted by Gasteiger charge is 2.08. The number of benzene rings is 1. The van der Waals surface area contributed by atoms with E-state index in [9.17, 15) is 9.59 Å². The van der Waals surface area contributed by atoms with Crippen molar-refractivity contribution in [3.8, 4) is 0 Å². The molecule has 0 spiro atoms. The summed E-state index contributed by atoms with van der Waals surface area (Å²) in [5.41, 5.74) is 11.8. The summed E-state index contributed by atoms with van der Waals surface area (Å²) in [7, 11) is 0. The molecule has 0 aliphatic carbocycles. The van der Waals surface area contributed by atoms with E-state index in [0.29, 0.717) is 6.42 Å². The quantitative estimate of drug-likeness (QED) is 0.649. The number of primary amides is 1. The summed E-state index contributed by atoms with van der Waals surface area (Å²) in [5, 5.41) is 2.21. The van der Waals surface area contributed by atoms with Gasteiger partial charge in [-0.05, 0) is 12.0 Å². The van der Waals surface area contributed by atoms with Crippen LogP contribution in [0.5, 0.6) is 0 Å². The van der Waals surface area contributed by atoms with Gasteiger partial charge in [-0.1, -0.05) is 30.3 Å². The number of amides is 2. The molecule has 0 aromatic heterocycles. The van der Waals surface area contributed by atoms with Crippen LogP contribution in [0.15, 0.2) is 30.3 Å². The summed E-state index contributed by atoms with van der Waals surface area (Å²) >= 11 is 0. The van der Waals surface area contributed by atoms with Crippen molar-refractivity contribution >= 4 is 12.0 Å². The summed E-state index contributed by atoms with van der Waals surface area (Å²) in [6.45, 7) is -0.160. The van der Waals surface area contributed by atoms with E-state index in [4.69, 9.17) is 16.2 Å². The number of carbonyl (C=O) groups is 2. The Morgan fingerprint density at radius 1 is 1.28 bits per heavy atom. The van der Waals surface area contributed by atoms with Crippen LogP contribution in [-0.2, 0) is 16.0 Å². The first kappa shape index (κ1) is 14.0. The molecule has 0 aliphatic heterocycles. The lowest BCUT2D eigenvalue weighted by Gasteiger charge is -2.12. The van der Waals surface area contributed by atoms with Crippen molar-refractivity contribution in [3.63, 3.8) is 0 Å². The predicted molar refractivity (Wildman–Crippen MR) is 66.7 cm³/mol. The van der Waals surface area contributed by atoms with Crippen molar-refractivity contribution in [2.75, 3.05) is 13.2 Å². The Hall–Kier alpha value is -2.08. The van der Waals surface area contributed by atoms with Gasteiger partial charge < -0.3 is 21.5 Å². The molecule has 6 nitrogen and oxygen atoms in total. The summed E-state index contributed by atoms with van der Waals surface area (Å²) in [6.07, 6.45) is -0.0819. The third-order valence-corrected chi connectivity index (χ3v) is 2.18. The van der Waals surface area contributed by atoms with Crippen LogP contribution < -0.4 is 16.8 Å². The lowest BCUT2D eigenvalue weighted by Crippen LogP contribution is -2.37. The van der Waals surface area contributed by atoms with Gasteiger partial charge in [0.25, 0.3) is 0 Å². The molecule has 5 N–H and O–H groups in total. The second kappa shape index (κ2) is 7.29. The van der Waals surface area contributed by atoms with Gasteiger partial charge >= 0.3 is 6.09 Å². The fourth-order valence-electron chi connectivity index (χ4n) is 1.37. The maximum atomic E-state index is 11.1. The first-order chi connectivity index (χ1) is 8.58. The van der Waals surface area contributed by atoms with Crippen molar-refractivity contribution < 1.29 is 14.3 Å². The minimum absolute atomic E-state index is 0.0828. The van der Waals surface area contributed by atoms with Gasteiger partial charge in [0.1, 0.15) is 6.61 Å². The van der Waals surface area contributed by atoms with Crippen LogP contribution in [0.2, 0.25) is 0 Å². The maximum absolute atomic E-state index is 11.1. The third kappa shape index (κ3) is 5.86. The summed E-state index contributed by atoms with van der Waals surface area (Å²) in [5.74, 6) is -0.625. The van der Waals surface area contributed by atoms with E-state index in [2.05, 4.69) is 5.32 Å². The summed E-state index contributed by atoms with van der Waals surface area (Å²) < 4.78 is 4.84. The minimum Gasteiger partial charge on any atom is -0.448 e. The number of hydrogen-bond donors (Lipinski definition) is 3. The number of alkyl carbamates (subject to hydrolysis) is 1. The first-order valence-corrected chi connectivity index (χ1v) is 5.56. The highest BCUT2D eigenvalue weighted by Crippen LogP contribution is 2.01. The number of nitrogens with two attached hydrogens (primary N) is 2. The van der Waals surface area contributed by atoms with Crippen LogP contribution in [0.4, 0.5) is 4.79 Å². The molecule has 1 atom stereocenters. The molecule has 0 saturated heterocycles.